The Balaban J connectivity index is 0.000000258. The van der Waals surface area contributed by atoms with Gasteiger partial charge >= 0.3 is 0 Å². The lowest BCUT2D eigenvalue weighted by Gasteiger charge is -1.97. The molecule has 1 aliphatic carbocycles. The van der Waals surface area contributed by atoms with Gasteiger partial charge in [-0.15, -0.1) is 0 Å². The van der Waals surface area contributed by atoms with E-state index in [2.05, 4.69) is 18.2 Å². The Morgan fingerprint density at radius 3 is 2.73 bits per heavy atom. The molecule has 3 nitrogen and oxygen atoms in total. The molecule has 1 heterocycles. The molecule has 0 radical (unpaired) electrons. The van der Waals surface area contributed by atoms with Gasteiger partial charge < -0.3 is 9.52 Å². The first kappa shape index (κ1) is 9.77. The molecule has 3 rings (SSSR count). The van der Waals surface area contributed by atoms with Gasteiger partial charge in [0.2, 0.25) is 0 Å². The molecule has 0 aliphatic heterocycles. The zero-order valence-electron chi connectivity index (χ0n) is 8.22. The van der Waals surface area contributed by atoms with Crippen LogP contribution in [-0.2, 0) is 4.79 Å². The summed E-state index contributed by atoms with van der Waals surface area (Å²) in [6.45, 7) is -0.250. The number of fused-ring (bicyclic) bond motifs is 1. The van der Waals surface area contributed by atoms with Gasteiger partial charge in [0.1, 0.15) is 5.58 Å². The van der Waals surface area contributed by atoms with Crippen LogP contribution in [0, 0.1) is 0 Å². The van der Waals surface area contributed by atoms with E-state index in [-0.39, 0.29) is 6.47 Å². The van der Waals surface area contributed by atoms with Gasteiger partial charge in [-0.05, 0) is 36.5 Å². The molecule has 0 spiro atoms. The monoisotopic (exact) mass is 204 g/mol. The standard InChI is InChI=1S/C11H10O.CH2O2/c1-2-9(8-4-5-8)10-6-7-12-11(10)3-1;2-1-3/h1-3,6-8H,4-5H2;1H,(H,2,3). The first-order chi connectivity index (χ1) is 7.36. The first-order valence-electron chi connectivity index (χ1n) is 4.90. The molecule has 1 aromatic heterocycles. The van der Waals surface area contributed by atoms with Crippen LogP contribution in [-0.4, -0.2) is 11.6 Å². The van der Waals surface area contributed by atoms with E-state index in [0.717, 1.165) is 11.5 Å². The van der Waals surface area contributed by atoms with E-state index in [0.29, 0.717) is 0 Å². The predicted octanol–water partition coefficient (Wildman–Crippen LogP) is 3.01. The molecular formula is C12H12O3. The Kier molecular flexibility index (Phi) is 2.72. The molecule has 1 aromatic carbocycles. The fourth-order valence-electron chi connectivity index (χ4n) is 1.77. The number of carbonyl (C=O) groups is 1. The molecule has 15 heavy (non-hydrogen) atoms. The second-order valence-corrected chi connectivity index (χ2v) is 3.56. The lowest BCUT2D eigenvalue weighted by Crippen LogP contribution is -1.78. The molecule has 1 saturated carbocycles. The van der Waals surface area contributed by atoms with Crippen molar-refractivity contribution in [2.75, 3.05) is 0 Å². The molecule has 0 bridgehead atoms. The molecule has 3 heteroatoms. The normalized spacial score (nSPS) is 14.4. The highest BCUT2D eigenvalue weighted by Crippen LogP contribution is 2.43. The van der Waals surface area contributed by atoms with Gasteiger partial charge in [0.05, 0.1) is 6.26 Å². The Morgan fingerprint density at radius 2 is 2.07 bits per heavy atom. The summed E-state index contributed by atoms with van der Waals surface area (Å²) in [5, 5.41) is 8.19. The van der Waals surface area contributed by atoms with Crippen LogP contribution in [0.5, 0.6) is 0 Å². The Hall–Kier alpha value is -1.77. The topological polar surface area (TPSA) is 50.4 Å². The lowest BCUT2D eigenvalue weighted by molar-refractivity contribution is -0.122. The second kappa shape index (κ2) is 4.17. The van der Waals surface area contributed by atoms with Crippen LogP contribution in [0.1, 0.15) is 24.3 Å². The van der Waals surface area contributed by atoms with Crippen molar-refractivity contribution < 1.29 is 14.3 Å². The Morgan fingerprint density at radius 1 is 1.33 bits per heavy atom. The van der Waals surface area contributed by atoms with Crippen LogP contribution in [0.4, 0.5) is 0 Å². The van der Waals surface area contributed by atoms with E-state index in [9.17, 15) is 0 Å². The SMILES string of the molecule is O=CO.c1cc(C2CC2)c2ccoc2c1. The fraction of sp³-hybridized carbons (Fsp3) is 0.250. The van der Waals surface area contributed by atoms with Crippen LogP contribution < -0.4 is 0 Å². The molecule has 2 aromatic rings. The number of carboxylic acid groups (broad SMARTS) is 1. The Bertz CT molecular complexity index is 455. The largest absolute Gasteiger partial charge is 0.483 e. The molecular weight excluding hydrogens is 192 g/mol. The smallest absolute Gasteiger partial charge is 0.290 e. The fourth-order valence-corrected chi connectivity index (χ4v) is 1.77. The quantitative estimate of drug-likeness (QED) is 0.726. The summed E-state index contributed by atoms with van der Waals surface area (Å²) >= 11 is 0. The van der Waals surface area contributed by atoms with Gasteiger partial charge in [0.25, 0.3) is 6.47 Å². The van der Waals surface area contributed by atoms with E-state index in [4.69, 9.17) is 14.3 Å². The highest BCUT2D eigenvalue weighted by atomic mass is 16.3. The zero-order valence-corrected chi connectivity index (χ0v) is 8.22. The van der Waals surface area contributed by atoms with Crippen molar-refractivity contribution in [2.45, 2.75) is 18.8 Å². The summed E-state index contributed by atoms with van der Waals surface area (Å²) in [7, 11) is 0. The summed E-state index contributed by atoms with van der Waals surface area (Å²) < 4.78 is 5.34. The number of benzene rings is 1. The second-order valence-electron chi connectivity index (χ2n) is 3.56. The van der Waals surface area contributed by atoms with Crippen LogP contribution in [0.25, 0.3) is 11.0 Å². The molecule has 78 valence electrons. The average molecular weight is 204 g/mol. The Labute approximate surface area is 87.3 Å². The summed E-state index contributed by atoms with van der Waals surface area (Å²) in [6, 6.07) is 8.40. The first-order valence-corrected chi connectivity index (χ1v) is 4.90. The molecule has 0 atom stereocenters. The number of rotatable bonds is 1. The third kappa shape index (κ3) is 2.01. The number of furan rings is 1. The molecule has 0 unspecified atom stereocenters. The zero-order chi connectivity index (χ0) is 10.7. The van der Waals surface area contributed by atoms with Crippen molar-refractivity contribution >= 4 is 17.4 Å². The minimum absolute atomic E-state index is 0.250. The molecule has 1 N–H and O–H groups in total. The van der Waals surface area contributed by atoms with E-state index in [1.807, 2.05) is 6.07 Å². The van der Waals surface area contributed by atoms with Gasteiger partial charge in [-0.3, -0.25) is 4.79 Å². The van der Waals surface area contributed by atoms with Crippen molar-refractivity contribution in [3.8, 4) is 0 Å². The molecule has 0 saturated heterocycles. The van der Waals surface area contributed by atoms with Crippen LogP contribution in [0.15, 0.2) is 34.9 Å². The van der Waals surface area contributed by atoms with E-state index < -0.39 is 0 Å². The maximum Gasteiger partial charge on any atom is 0.290 e. The van der Waals surface area contributed by atoms with Crippen LogP contribution in [0.2, 0.25) is 0 Å². The average Bonchev–Trinajstić information content (AvgIpc) is 2.96. The minimum atomic E-state index is -0.250. The molecule has 0 amide bonds. The van der Waals surface area contributed by atoms with Gasteiger partial charge in [-0.2, -0.15) is 0 Å². The predicted molar refractivity (Wildman–Crippen MR) is 56.9 cm³/mol. The van der Waals surface area contributed by atoms with Crippen molar-refractivity contribution in [1.82, 2.24) is 0 Å². The van der Waals surface area contributed by atoms with Crippen LogP contribution in [0.3, 0.4) is 0 Å². The number of hydrogen-bond acceptors (Lipinski definition) is 2. The highest BCUT2D eigenvalue weighted by Gasteiger charge is 2.25. The van der Waals surface area contributed by atoms with Gasteiger partial charge in [0.15, 0.2) is 0 Å². The summed E-state index contributed by atoms with van der Waals surface area (Å²) in [5.41, 5.74) is 2.50. The highest BCUT2D eigenvalue weighted by molar-refractivity contribution is 5.81. The third-order valence-electron chi connectivity index (χ3n) is 2.55. The van der Waals surface area contributed by atoms with Crippen molar-refractivity contribution in [3.63, 3.8) is 0 Å². The maximum atomic E-state index is 8.36. The van der Waals surface area contributed by atoms with Crippen molar-refractivity contribution in [1.29, 1.82) is 0 Å². The third-order valence-corrected chi connectivity index (χ3v) is 2.55. The maximum absolute atomic E-state index is 8.36. The van der Waals surface area contributed by atoms with Crippen molar-refractivity contribution in [3.05, 3.63) is 36.1 Å². The van der Waals surface area contributed by atoms with Gasteiger partial charge in [-0.1, -0.05) is 12.1 Å². The van der Waals surface area contributed by atoms with Crippen LogP contribution >= 0.6 is 0 Å². The molecule has 1 fully saturated rings. The van der Waals surface area contributed by atoms with Gasteiger partial charge in [0, 0.05) is 5.39 Å². The number of hydrogen-bond donors (Lipinski definition) is 1. The summed E-state index contributed by atoms with van der Waals surface area (Å²) in [5.74, 6) is 0.811. The van der Waals surface area contributed by atoms with Gasteiger partial charge in [-0.25, -0.2) is 0 Å². The summed E-state index contributed by atoms with van der Waals surface area (Å²) in [4.78, 5) is 8.36. The van der Waals surface area contributed by atoms with E-state index in [1.165, 1.54) is 23.8 Å². The molecule has 1 aliphatic rings. The van der Waals surface area contributed by atoms with E-state index in [1.54, 1.807) is 6.26 Å². The lowest BCUT2D eigenvalue weighted by atomic mass is 10.1. The van der Waals surface area contributed by atoms with Crippen molar-refractivity contribution in [2.24, 2.45) is 0 Å². The summed E-state index contributed by atoms with van der Waals surface area (Å²) in [6.07, 6.45) is 4.48. The minimum Gasteiger partial charge on any atom is -0.483 e. The van der Waals surface area contributed by atoms with E-state index >= 15 is 0 Å².